The summed E-state index contributed by atoms with van der Waals surface area (Å²) in [6, 6.07) is 14.2. The number of carbonyl (C=O) groups is 1. The number of halogens is 3. The molecule has 162 valence electrons. The minimum Gasteiger partial charge on any atom is -0.272 e. The van der Waals surface area contributed by atoms with Gasteiger partial charge in [-0.2, -0.15) is 9.41 Å². The number of hydrogen-bond acceptors (Lipinski definition) is 5. The van der Waals surface area contributed by atoms with Crippen molar-refractivity contribution in [2.75, 3.05) is 6.54 Å². The Kier molecular flexibility index (Phi) is 8.10. The highest BCUT2D eigenvalue weighted by Crippen LogP contribution is 2.28. The Bertz CT molecular complexity index is 1160. The van der Waals surface area contributed by atoms with Crippen LogP contribution in [0.2, 0.25) is 15.1 Å². The molecule has 1 aromatic heterocycles. The number of sulfonamides is 1. The minimum absolute atomic E-state index is 0.0186. The minimum atomic E-state index is -4.07. The van der Waals surface area contributed by atoms with Gasteiger partial charge in [-0.05, 0) is 47.8 Å². The molecular weight excluding hydrogens is 501 g/mol. The summed E-state index contributed by atoms with van der Waals surface area (Å²) in [4.78, 5) is 13.3. The number of benzene rings is 2. The smallest absolute Gasteiger partial charge is 0.255 e. The molecule has 1 amide bonds. The molecule has 6 nitrogen and oxygen atoms in total. The number of nitrogens with one attached hydrogen (secondary N) is 1. The van der Waals surface area contributed by atoms with E-state index in [0.717, 1.165) is 9.18 Å². The Morgan fingerprint density at radius 1 is 1.03 bits per heavy atom. The lowest BCUT2D eigenvalue weighted by atomic mass is 10.2. The molecule has 0 aliphatic rings. The second-order valence-corrected chi connectivity index (χ2v) is 10.4. The first-order chi connectivity index (χ1) is 14.8. The molecule has 11 heteroatoms. The van der Waals surface area contributed by atoms with Crippen molar-refractivity contribution >= 4 is 68.3 Å². The van der Waals surface area contributed by atoms with Crippen LogP contribution in [0.4, 0.5) is 0 Å². The fourth-order valence-electron chi connectivity index (χ4n) is 2.57. The summed E-state index contributed by atoms with van der Waals surface area (Å²) < 4.78 is 27.5. The monoisotopic (exact) mass is 515 g/mol. The normalized spacial score (nSPS) is 11.9. The number of amides is 1. The number of nitrogens with zero attached hydrogens (tertiary/aromatic N) is 2. The second-order valence-electron chi connectivity index (χ2n) is 6.24. The zero-order chi connectivity index (χ0) is 22.4. The molecule has 2 aromatic carbocycles. The molecule has 1 heterocycles. The van der Waals surface area contributed by atoms with Crippen molar-refractivity contribution in [2.45, 2.75) is 11.4 Å². The molecule has 3 rings (SSSR count). The fourth-order valence-corrected chi connectivity index (χ4v) is 5.16. The maximum absolute atomic E-state index is 13.2. The van der Waals surface area contributed by atoms with Crippen LogP contribution in [0.5, 0.6) is 0 Å². The number of hydrogen-bond donors (Lipinski definition) is 1. The zero-order valence-electron chi connectivity index (χ0n) is 15.8. The van der Waals surface area contributed by atoms with Gasteiger partial charge in [-0.15, -0.1) is 11.3 Å². The molecule has 0 aliphatic heterocycles. The molecule has 0 saturated heterocycles. The summed E-state index contributed by atoms with van der Waals surface area (Å²) in [5.74, 6) is -0.617. The van der Waals surface area contributed by atoms with Crippen molar-refractivity contribution in [1.82, 2.24) is 9.73 Å². The second kappa shape index (κ2) is 10.6. The molecule has 0 spiro atoms. The van der Waals surface area contributed by atoms with E-state index in [2.05, 4.69) is 10.5 Å². The Hall–Kier alpha value is -1.94. The van der Waals surface area contributed by atoms with Gasteiger partial charge in [0.15, 0.2) is 0 Å². The van der Waals surface area contributed by atoms with E-state index < -0.39 is 22.5 Å². The highest BCUT2D eigenvalue weighted by Gasteiger charge is 2.28. The molecule has 0 fully saturated rings. The van der Waals surface area contributed by atoms with Gasteiger partial charge in [-0.3, -0.25) is 4.79 Å². The van der Waals surface area contributed by atoms with Crippen molar-refractivity contribution in [3.8, 4) is 0 Å². The Labute approximate surface area is 199 Å². The molecule has 0 atom stereocenters. The van der Waals surface area contributed by atoms with Crippen molar-refractivity contribution in [2.24, 2.45) is 5.10 Å². The van der Waals surface area contributed by atoms with Gasteiger partial charge in [-0.25, -0.2) is 13.8 Å². The molecule has 3 aromatic rings. The average molecular weight is 517 g/mol. The van der Waals surface area contributed by atoms with E-state index >= 15 is 0 Å². The lowest BCUT2D eigenvalue weighted by Gasteiger charge is -2.22. The molecule has 1 N–H and O–H groups in total. The Morgan fingerprint density at radius 3 is 2.32 bits per heavy atom. The SMILES string of the molecule is O=C(CN(Cc1c(Cl)cccc1Cl)S(=O)(=O)c1ccc(Cl)cc1)N/N=C\c1cccs1. The maximum Gasteiger partial charge on any atom is 0.255 e. The van der Waals surface area contributed by atoms with Crippen LogP contribution in [-0.2, 0) is 21.4 Å². The zero-order valence-corrected chi connectivity index (χ0v) is 19.7. The van der Waals surface area contributed by atoms with Crippen LogP contribution < -0.4 is 5.43 Å². The van der Waals surface area contributed by atoms with E-state index in [1.165, 1.54) is 41.8 Å². The van der Waals surface area contributed by atoms with Crippen LogP contribution >= 0.6 is 46.1 Å². The topological polar surface area (TPSA) is 78.8 Å². The highest BCUT2D eigenvalue weighted by molar-refractivity contribution is 7.89. The van der Waals surface area contributed by atoms with Crippen LogP contribution in [0.1, 0.15) is 10.4 Å². The van der Waals surface area contributed by atoms with E-state index in [1.807, 2.05) is 17.5 Å². The summed E-state index contributed by atoms with van der Waals surface area (Å²) in [7, 11) is -4.07. The summed E-state index contributed by atoms with van der Waals surface area (Å²) in [5.41, 5.74) is 2.73. The van der Waals surface area contributed by atoms with E-state index in [4.69, 9.17) is 34.8 Å². The van der Waals surface area contributed by atoms with E-state index in [-0.39, 0.29) is 11.4 Å². The standard InChI is InChI=1S/C20H16Cl3N3O3S2/c21-14-6-8-16(9-7-14)31(28,29)26(12-17-18(22)4-1-5-19(17)23)13-20(27)25-24-11-15-3-2-10-30-15/h1-11H,12-13H2,(H,25,27)/b24-11-. The number of hydrazone groups is 1. The lowest BCUT2D eigenvalue weighted by molar-refractivity contribution is -0.121. The maximum atomic E-state index is 13.2. The van der Waals surface area contributed by atoms with Gasteiger partial charge in [-0.1, -0.05) is 46.9 Å². The highest BCUT2D eigenvalue weighted by atomic mass is 35.5. The molecule has 0 radical (unpaired) electrons. The quantitative estimate of drug-likeness (QED) is 0.336. The predicted octanol–water partition coefficient (Wildman–Crippen LogP) is 5.05. The molecular formula is C20H16Cl3N3O3S2. The lowest BCUT2D eigenvalue weighted by Crippen LogP contribution is -2.39. The summed E-state index contributed by atoms with van der Waals surface area (Å²) in [6.45, 7) is -0.695. The van der Waals surface area contributed by atoms with E-state index in [0.29, 0.717) is 20.6 Å². The Balaban J connectivity index is 1.86. The largest absolute Gasteiger partial charge is 0.272 e. The van der Waals surface area contributed by atoms with Crippen LogP contribution in [0.25, 0.3) is 0 Å². The molecule has 0 bridgehead atoms. The number of rotatable bonds is 8. The molecule has 0 saturated carbocycles. The van der Waals surface area contributed by atoms with Crippen molar-refractivity contribution in [3.63, 3.8) is 0 Å². The van der Waals surface area contributed by atoms with Crippen molar-refractivity contribution < 1.29 is 13.2 Å². The van der Waals surface area contributed by atoms with Gasteiger partial charge in [0.2, 0.25) is 10.0 Å². The number of thiophene rings is 1. The van der Waals surface area contributed by atoms with Crippen LogP contribution in [0.15, 0.2) is 70.0 Å². The molecule has 0 unspecified atom stereocenters. The first kappa shape index (κ1) is 23.7. The van der Waals surface area contributed by atoms with Crippen molar-refractivity contribution in [1.29, 1.82) is 0 Å². The Morgan fingerprint density at radius 2 is 1.71 bits per heavy atom. The third-order valence-electron chi connectivity index (χ3n) is 4.09. The third kappa shape index (κ3) is 6.29. The summed E-state index contributed by atoms with van der Waals surface area (Å²) >= 11 is 19.8. The summed E-state index contributed by atoms with van der Waals surface area (Å²) in [5, 5.41) is 6.71. The van der Waals surface area contributed by atoms with Gasteiger partial charge in [0.05, 0.1) is 17.7 Å². The fraction of sp³-hybridized carbons (Fsp3) is 0.100. The van der Waals surface area contributed by atoms with Gasteiger partial charge in [0.1, 0.15) is 0 Å². The predicted molar refractivity (Wildman–Crippen MR) is 126 cm³/mol. The first-order valence-corrected chi connectivity index (χ1v) is 12.3. The van der Waals surface area contributed by atoms with Gasteiger partial charge in [0, 0.05) is 32.1 Å². The van der Waals surface area contributed by atoms with Crippen LogP contribution in [0, 0.1) is 0 Å². The van der Waals surface area contributed by atoms with Crippen molar-refractivity contribution in [3.05, 3.63) is 85.5 Å². The molecule has 31 heavy (non-hydrogen) atoms. The molecule has 0 aliphatic carbocycles. The van der Waals surface area contributed by atoms with E-state index in [1.54, 1.807) is 18.2 Å². The van der Waals surface area contributed by atoms with Gasteiger partial charge >= 0.3 is 0 Å². The number of carbonyl (C=O) groups excluding carboxylic acids is 1. The van der Waals surface area contributed by atoms with Gasteiger partial charge in [0.25, 0.3) is 5.91 Å². The first-order valence-electron chi connectivity index (χ1n) is 8.81. The van der Waals surface area contributed by atoms with Crippen LogP contribution in [0.3, 0.4) is 0 Å². The summed E-state index contributed by atoms with van der Waals surface area (Å²) in [6.07, 6.45) is 1.48. The third-order valence-corrected chi connectivity index (χ3v) is 7.66. The van der Waals surface area contributed by atoms with E-state index in [9.17, 15) is 13.2 Å². The average Bonchev–Trinajstić information content (AvgIpc) is 3.24. The van der Waals surface area contributed by atoms with Gasteiger partial charge < -0.3 is 0 Å². The van der Waals surface area contributed by atoms with Crippen LogP contribution in [-0.4, -0.2) is 31.4 Å².